The minimum atomic E-state index is -3.95. The average Bonchev–Trinajstić information content (AvgIpc) is 3.06. The molecule has 2 amide bonds. The molecular formula is C36H46FN3O7S. The highest BCUT2D eigenvalue weighted by Gasteiger charge is 2.32. The highest BCUT2D eigenvalue weighted by Crippen LogP contribution is 2.29. The van der Waals surface area contributed by atoms with Crippen molar-refractivity contribution < 1.29 is 37.0 Å². The number of nitrogens with one attached hydrogen (secondary N) is 1. The molecule has 48 heavy (non-hydrogen) atoms. The summed E-state index contributed by atoms with van der Waals surface area (Å²) in [4.78, 5) is 28.7. The lowest BCUT2D eigenvalue weighted by Crippen LogP contribution is -2.48. The zero-order valence-corrected chi connectivity index (χ0v) is 28.8. The van der Waals surface area contributed by atoms with Crippen molar-refractivity contribution in [3.63, 3.8) is 0 Å². The first-order valence-electron chi connectivity index (χ1n) is 16.3. The van der Waals surface area contributed by atoms with Gasteiger partial charge in [0.05, 0.1) is 41.7 Å². The summed E-state index contributed by atoms with van der Waals surface area (Å²) in [5.74, 6) is -1.18. The van der Waals surface area contributed by atoms with Crippen LogP contribution in [0.25, 0.3) is 0 Å². The highest BCUT2D eigenvalue weighted by atomic mass is 32.2. The molecule has 1 heterocycles. The van der Waals surface area contributed by atoms with E-state index in [-0.39, 0.29) is 54.5 Å². The van der Waals surface area contributed by atoms with Crippen molar-refractivity contribution in [3.05, 3.63) is 89.7 Å². The van der Waals surface area contributed by atoms with Gasteiger partial charge in [0.2, 0.25) is 15.9 Å². The smallest absolute Gasteiger partial charge is 0.258 e. The lowest BCUT2D eigenvalue weighted by Gasteiger charge is -2.35. The van der Waals surface area contributed by atoms with E-state index in [0.717, 1.165) is 24.1 Å². The number of fused-ring (bicyclic) bond motifs is 1. The number of aliphatic hydroxyl groups excluding tert-OH is 1. The Kier molecular flexibility index (Phi) is 13.1. The fraction of sp³-hybridized carbons (Fsp3) is 0.444. The van der Waals surface area contributed by atoms with E-state index >= 15 is 0 Å². The van der Waals surface area contributed by atoms with Crippen molar-refractivity contribution in [2.45, 2.75) is 69.6 Å². The van der Waals surface area contributed by atoms with Gasteiger partial charge in [0.1, 0.15) is 11.6 Å². The molecule has 0 fully saturated rings. The molecule has 3 aromatic carbocycles. The lowest BCUT2D eigenvalue weighted by molar-refractivity contribution is -0.115. The van der Waals surface area contributed by atoms with Gasteiger partial charge in [-0.1, -0.05) is 37.3 Å². The van der Waals surface area contributed by atoms with Gasteiger partial charge in [0.25, 0.3) is 5.91 Å². The summed E-state index contributed by atoms with van der Waals surface area (Å²) in [6.07, 6.45) is 1.49. The fourth-order valence-electron chi connectivity index (χ4n) is 5.59. The topological polar surface area (TPSA) is 125 Å². The number of ether oxygens (including phenoxy) is 2. The van der Waals surface area contributed by atoms with Gasteiger partial charge in [-0.25, -0.2) is 12.8 Å². The molecule has 3 aromatic rings. The quantitative estimate of drug-likeness (QED) is 0.321. The van der Waals surface area contributed by atoms with E-state index in [9.17, 15) is 27.5 Å². The van der Waals surface area contributed by atoms with Crippen molar-refractivity contribution in [2.75, 3.05) is 38.7 Å². The molecule has 0 aliphatic carbocycles. The maximum absolute atomic E-state index is 14.3. The molecule has 1 aliphatic heterocycles. The van der Waals surface area contributed by atoms with Crippen molar-refractivity contribution in [1.82, 2.24) is 9.21 Å². The molecule has 0 bridgehead atoms. The minimum Gasteiger partial charge on any atom is -0.490 e. The monoisotopic (exact) mass is 683 g/mol. The number of benzene rings is 3. The number of likely N-dealkylation sites (N-methyl/N-ethyl adjacent to an activating group) is 1. The van der Waals surface area contributed by atoms with Gasteiger partial charge < -0.3 is 24.8 Å². The number of anilines is 1. The minimum absolute atomic E-state index is 0.00981. The molecule has 0 aromatic heterocycles. The second-order valence-electron chi connectivity index (χ2n) is 12.5. The molecule has 10 nitrogen and oxygen atoms in total. The van der Waals surface area contributed by atoms with E-state index in [2.05, 4.69) is 5.32 Å². The summed E-state index contributed by atoms with van der Waals surface area (Å²) in [5.41, 5.74) is 1.52. The lowest BCUT2D eigenvalue weighted by atomic mass is 10.0. The van der Waals surface area contributed by atoms with Crippen LogP contribution >= 0.6 is 0 Å². The van der Waals surface area contributed by atoms with Gasteiger partial charge in [-0.2, -0.15) is 4.31 Å². The summed E-state index contributed by atoms with van der Waals surface area (Å²) < 4.78 is 53.9. The summed E-state index contributed by atoms with van der Waals surface area (Å²) in [7, 11) is -2.51. The molecule has 260 valence electrons. The van der Waals surface area contributed by atoms with Crippen LogP contribution in [0.15, 0.2) is 77.7 Å². The van der Waals surface area contributed by atoms with Crippen LogP contribution in [-0.4, -0.2) is 86.1 Å². The fourth-order valence-corrected chi connectivity index (χ4v) is 6.77. The molecule has 4 atom stereocenters. The van der Waals surface area contributed by atoms with Crippen molar-refractivity contribution in [3.8, 4) is 5.75 Å². The van der Waals surface area contributed by atoms with Gasteiger partial charge in [-0.3, -0.25) is 9.59 Å². The zero-order valence-electron chi connectivity index (χ0n) is 28.0. The summed E-state index contributed by atoms with van der Waals surface area (Å²) >= 11 is 0. The van der Waals surface area contributed by atoms with Crippen LogP contribution in [-0.2, 0) is 26.0 Å². The number of amides is 2. The van der Waals surface area contributed by atoms with Gasteiger partial charge >= 0.3 is 0 Å². The molecule has 0 saturated heterocycles. The van der Waals surface area contributed by atoms with Crippen molar-refractivity contribution in [1.29, 1.82) is 0 Å². The Morgan fingerprint density at radius 1 is 1.08 bits per heavy atom. The molecule has 0 spiro atoms. The SMILES string of the molecule is C[C@H](CO)N1C[C@H](C)[C@H](CN(C)S(=O)(=O)c2ccc(F)cc2)OCCCC[C@H](C)Oc2ccc(NC(=O)Cc3ccccc3)cc2C1=O. The van der Waals surface area contributed by atoms with Gasteiger partial charge in [-0.15, -0.1) is 0 Å². The first-order valence-corrected chi connectivity index (χ1v) is 17.7. The number of aliphatic hydroxyl groups is 1. The Balaban J connectivity index is 1.62. The number of carbonyl (C=O) groups excluding carboxylic acids is 2. The maximum atomic E-state index is 14.3. The Hall–Kier alpha value is -3.84. The summed E-state index contributed by atoms with van der Waals surface area (Å²) in [6.45, 7) is 5.70. The predicted molar refractivity (Wildman–Crippen MR) is 182 cm³/mol. The molecule has 2 N–H and O–H groups in total. The number of sulfonamides is 1. The number of rotatable bonds is 9. The van der Waals surface area contributed by atoms with Crippen LogP contribution in [0.1, 0.15) is 56.0 Å². The maximum Gasteiger partial charge on any atom is 0.258 e. The predicted octanol–water partition coefficient (Wildman–Crippen LogP) is 5.12. The third-order valence-corrected chi connectivity index (χ3v) is 10.3. The molecule has 4 rings (SSSR count). The van der Waals surface area contributed by atoms with Crippen molar-refractivity contribution in [2.24, 2.45) is 5.92 Å². The molecule has 0 saturated carbocycles. The largest absolute Gasteiger partial charge is 0.490 e. The van der Waals surface area contributed by atoms with Crippen LogP contribution in [0.4, 0.5) is 10.1 Å². The van der Waals surface area contributed by atoms with Gasteiger partial charge in [-0.05, 0) is 81.1 Å². The van der Waals surface area contributed by atoms with Crippen LogP contribution in [0.2, 0.25) is 0 Å². The second-order valence-corrected chi connectivity index (χ2v) is 14.5. The van der Waals surface area contributed by atoms with E-state index in [1.165, 1.54) is 28.4 Å². The van der Waals surface area contributed by atoms with Gasteiger partial charge in [0.15, 0.2) is 0 Å². The Labute approximate surface area is 282 Å². The zero-order chi connectivity index (χ0) is 34.8. The van der Waals surface area contributed by atoms with Crippen LogP contribution in [0, 0.1) is 11.7 Å². The summed E-state index contributed by atoms with van der Waals surface area (Å²) in [5, 5.41) is 13.1. The van der Waals surface area contributed by atoms with Crippen LogP contribution in [0.5, 0.6) is 5.75 Å². The van der Waals surface area contributed by atoms with Crippen LogP contribution < -0.4 is 10.1 Å². The third kappa shape index (κ3) is 9.85. The van der Waals surface area contributed by atoms with E-state index in [1.54, 1.807) is 25.1 Å². The molecule has 0 radical (unpaired) electrons. The van der Waals surface area contributed by atoms with Gasteiger partial charge in [0, 0.05) is 38.3 Å². The number of hydrogen-bond donors (Lipinski definition) is 2. The number of halogens is 1. The first kappa shape index (κ1) is 37.0. The summed E-state index contributed by atoms with van der Waals surface area (Å²) in [6, 6.07) is 18.4. The second kappa shape index (κ2) is 17.0. The average molecular weight is 684 g/mol. The van der Waals surface area contributed by atoms with E-state index < -0.39 is 33.9 Å². The third-order valence-electron chi connectivity index (χ3n) is 8.50. The van der Waals surface area contributed by atoms with E-state index in [4.69, 9.17) is 9.47 Å². The molecule has 0 unspecified atom stereocenters. The van der Waals surface area contributed by atoms with Crippen molar-refractivity contribution >= 4 is 27.5 Å². The molecule has 12 heteroatoms. The number of nitrogens with zero attached hydrogens (tertiary/aromatic N) is 2. The highest BCUT2D eigenvalue weighted by molar-refractivity contribution is 7.89. The van der Waals surface area contributed by atoms with E-state index in [1.807, 2.05) is 44.2 Å². The first-order chi connectivity index (χ1) is 22.9. The Morgan fingerprint density at radius 3 is 2.48 bits per heavy atom. The molecular weight excluding hydrogens is 637 g/mol. The molecule has 1 aliphatic rings. The Bertz CT molecular complexity index is 1620. The van der Waals surface area contributed by atoms with Crippen LogP contribution in [0.3, 0.4) is 0 Å². The normalized spacial score (nSPS) is 20.4. The number of hydrogen-bond acceptors (Lipinski definition) is 7. The van der Waals surface area contributed by atoms with E-state index in [0.29, 0.717) is 30.9 Å². The number of carbonyl (C=O) groups is 2. The Morgan fingerprint density at radius 2 is 1.79 bits per heavy atom. The standard InChI is InChI=1S/C36H46FN3O7S/c1-25-22-40(26(2)24-41)36(43)32-21-30(38-35(42)20-28-11-6-5-7-12-28)15-18-33(32)47-27(3)10-8-9-19-46-34(25)23-39(4)48(44,45)31-16-13-29(37)14-17-31/h5-7,11-18,21,25-27,34,41H,8-10,19-20,22-24H2,1-4H3,(H,38,42)/t25-,26+,27-,34-/m0/s1.